The van der Waals surface area contributed by atoms with Gasteiger partial charge in [0.1, 0.15) is 5.69 Å². The van der Waals surface area contributed by atoms with E-state index in [1.54, 1.807) is 24.0 Å². The van der Waals surface area contributed by atoms with E-state index in [-0.39, 0.29) is 5.92 Å². The van der Waals surface area contributed by atoms with E-state index in [1.807, 2.05) is 26.2 Å². The van der Waals surface area contributed by atoms with Crippen LogP contribution in [0, 0.1) is 0 Å². The van der Waals surface area contributed by atoms with E-state index in [9.17, 15) is 4.79 Å². The highest BCUT2D eigenvalue weighted by Gasteiger charge is 2.11. The SMILES string of the molecule is CSc1ccnc(C(C)C)c1N=C=O. The summed E-state index contributed by atoms with van der Waals surface area (Å²) in [6.45, 7) is 4.05. The molecular formula is C10H12N2OS. The van der Waals surface area contributed by atoms with Crippen LogP contribution >= 0.6 is 11.8 Å². The van der Waals surface area contributed by atoms with Gasteiger partial charge >= 0.3 is 0 Å². The Morgan fingerprint density at radius 1 is 1.57 bits per heavy atom. The van der Waals surface area contributed by atoms with Gasteiger partial charge in [-0.1, -0.05) is 13.8 Å². The molecule has 1 rings (SSSR count). The molecule has 0 amide bonds. The molecule has 0 saturated carbocycles. The zero-order valence-electron chi connectivity index (χ0n) is 8.44. The minimum Gasteiger partial charge on any atom is -0.259 e. The molecule has 0 aliphatic heterocycles. The number of isocyanates is 1. The maximum absolute atomic E-state index is 10.3. The summed E-state index contributed by atoms with van der Waals surface area (Å²) >= 11 is 1.55. The number of nitrogens with zero attached hydrogens (tertiary/aromatic N) is 2. The molecule has 0 N–H and O–H groups in total. The van der Waals surface area contributed by atoms with Gasteiger partial charge < -0.3 is 0 Å². The normalized spacial score (nSPS) is 10.0. The van der Waals surface area contributed by atoms with Gasteiger partial charge in [0.15, 0.2) is 0 Å². The van der Waals surface area contributed by atoms with Crippen LogP contribution < -0.4 is 0 Å². The predicted molar refractivity (Wildman–Crippen MR) is 57.9 cm³/mol. The van der Waals surface area contributed by atoms with Crippen LogP contribution in [0.15, 0.2) is 22.2 Å². The summed E-state index contributed by atoms with van der Waals surface area (Å²) in [4.78, 5) is 19.2. The van der Waals surface area contributed by atoms with Gasteiger partial charge in [-0.2, -0.15) is 4.99 Å². The van der Waals surface area contributed by atoms with E-state index >= 15 is 0 Å². The van der Waals surface area contributed by atoms with Crippen LogP contribution in [-0.2, 0) is 4.79 Å². The molecule has 0 aliphatic carbocycles. The Kier molecular flexibility index (Phi) is 3.86. The fourth-order valence-corrected chi connectivity index (χ4v) is 1.74. The predicted octanol–water partition coefficient (Wildman–Crippen LogP) is 2.89. The molecule has 3 nitrogen and oxygen atoms in total. The average Bonchev–Trinajstić information content (AvgIpc) is 2.18. The molecule has 0 unspecified atom stereocenters. The van der Waals surface area contributed by atoms with Crippen molar-refractivity contribution >= 4 is 23.5 Å². The number of pyridine rings is 1. The van der Waals surface area contributed by atoms with Crippen LogP contribution in [0.25, 0.3) is 0 Å². The highest BCUT2D eigenvalue weighted by Crippen LogP contribution is 2.33. The van der Waals surface area contributed by atoms with Gasteiger partial charge in [0.05, 0.1) is 5.69 Å². The molecule has 1 heterocycles. The number of carbonyl (C=O) groups excluding carboxylic acids is 1. The van der Waals surface area contributed by atoms with E-state index < -0.39 is 0 Å². The Labute approximate surface area is 87.7 Å². The van der Waals surface area contributed by atoms with Crippen LogP contribution in [0.3, 0.4) is 0 Å². The number of hydrogen-bond acceptors (Lipinski definition) is 4. The maximum atomic E-state index is 10.3. The molecule has 4 heteroatoms. The summed E-state index contributed by atoms with van der Waals surface area (Å²) in [6, 6.07) is 1.85. The topological polar surface area (TPSA) is 42.3 Å². The maximum Gasteiger partial charge on any atom is 0.240 e. The molecular weight excluding hydrogens is 196 g/mol. The van der Waals surface area contributed by atoms with E-state index in [1.165, 1.54) is 0 Å². The second-order valence-corrected chi connectivity index (χ2v) is 3.95. The van der Waals surface area contributed by atoms with Crippen molar-refractivity contribution in [3.8, 4) is 0 Å². The quantitative estimate of drug-likeness (QED) is 0.436. The summed E-state index contributed by atoms with van der Waals surface area (Å²) in [5.41, 5.74) is 1.50. The standard InChI is InChI=1S/C10H12N2OS/c1-7(2)9-10(12-6-13)8(14-3)4-5-11-9/h4-5,7H,1-3H3. The first-order valence-corrected chi connectivity index (χ1v) is 5.54. The molecule has 0 atom stereocenters. The highest BCUT2D eigenvalue weighted by molar-refractivity contribution is 7.98. The third-order valence-electron chi connectivity index (χ3n) is 1.84. The van der Waals surface area contributed by atoms with Crippen molar-refractivity contribution in [3.63, 3.8) is 0 Å². The van der Waals surface area contributed by atoms with E-state index in [0.717, 1.165) is 10.6 Å². The summed E-state index contributed by atoms with van der Waals surface area (Å²) < 4.78 is 0. The Balaban J connectivity index is 3.34. The Hall–Kier alpha value is -1.12. The van der Waals surface area contributed by atoms with Crippen molar-refractivity contribution in [1.82, 2.24) is 4.98 Å². The van der Waals surface area contributed by atoms with Crippen molar-refractivity contribution in [1.29, 1.82) is 0 Å². The Bertz CT molecular complexity index is 370. The lowest BCUT2D eigenvalue weighted by atomic mass is 10.1. The minimum atomic E-state index is 0.259. The van der Waals surface area contributed by atoms with E-state index in [0.29, 0.717) is 5.69 Å². The van der Waals surface area contributed by atoms with Crippen LogP contribution in [0.4, 0.5) is 5.69 Å². The summed E-state index contributed by atoms with van der Waals surface area (Å²) in [7, 11) is 0. The van der Waals surface area contributed by atoms with Crippen molar-refractivity contribution in [2.45, 2.75) is 24.7 Å². The molecule has 0 spiro atoms. The Morgan fingerprint density at radius 2 is 2.29 bits per heavy atom. The van der Waals surface area contributed by atoms with Crippen LogP contribution in [0.2, 0.25) is 0 Å². The number of aromatic nitrogens is 1. The largest absolute Gasteiger partial charge is 0.259 e. The molecule has 0 saturated heterocycles. The molecule has 74 valence electrons. The minimum absolute atomic E-state index is 0.259. The van der Waals surface area contributed by atoms with E-state index in [2.05, 4.69) is 9.98 Å². The van der Waals surface area contributed by atoms with Gasteiger partial charge in [0.2, 0.25) is 6.08 Å². The zero-order chi connectivity index (χ0) is 10.6. The van der Waals surface area contributed by atoms with Crippen LogP contribution in [0.5, 0.6) is 0 Å². The molecule has 0 fully saturated rings. The lowest BCUT2D eigenvalue weighted by molar-refractivity contribution is 0.565. The number of thioether (sulfide) groups is 1. The second-order valence-electron chi connectivity index (χ2n) is 3.10. The van der Waals surface area contributed by atoms with Crippen LogP contribution in [-0.4, -0.2) is 17.3 Å². The molecule has 0 aliphatic rings. The smallest absolute Gasteiger partial charge is 0.240 e. The summed E-state index contributed by atoms with van der Waals surface area (Å²) in [5.74, 6) is 0.259. The van der Waals surface area contributed by atoms with Crippen molar-refractivity contribution < 1.29 is 4.79 Å². The molecule has 0 aromatic carbocycles. The third-order valence-corrected chi connectivity index (χ3v) is 2.61. The number of rotatable bonds is 3. The first-order chi connectivity index (χ1) is 6.70. The highest BCUT2D eigenvalue weighted by atomic mass is 32.2. The molecule has 1 aromatic heterocycles. The molecule has 14 heavy (non-hydrogen) atoms. The molecule has 0 radical (unpaired) electrons. The fourth-order valence-electron chi connectivity index (χ4n) is 1.20. The van der Waals surface area contributed by atoms with Gasteiger partial charge in [-0.05, 0) is 18.2 Å². The van der Waals surface area contributed by atoms with Gasteiger partial charge in [-0.25, -0.2) is 4.79 Å². The second kappa shape index (κ2) is 4.94. The third kappa shape index (κ3) is 2.22. The lowest BCUT2D eigenvalue weighted by Crippen LogP contribution is -1.93. The summed E-state index contributed by atoms with van der Waals surface area (Å²) in [5, 5.41) is 0. The number of hydrogen-bond donors (Lipinski definition) is 0. The first kappa shape index (κ1) is 11.0. The summed E-state index contributed by atoms with van der Waals surface area (Å²) in [6.07, 6.45) is 5.26. The van der Waals surface area contributed by atoms with Crippen molar-refractivity contribution in [2.75, 3.05) is 6.26 Å². The lowest BCUT2D eigenvalue weighted by Gasteiger charge is -2.09. The average molecular weight is 208 g/mol. The molecule has 1 aromatic rings. The van der Waals surface area contributed by atoms with Crippen molar-refractivity contribution in [3.05, 3.63) is 18.0 Å². The number of aliphatic imine (C=N–C) groups is 1. The fraction of sp³-hybridized carbons (Fsp3) is 0.400. The van der Waals surface area contributed by atoms with Gasteiger partial charge in [0.25, 0.3) is 0 Å². The van der Waals surface area contributed by atoms with Crippen LogP contribution in [0.1, 0.15) is 25.5 Å². The van der Waals surface area contributed by atoms with Gasteiger partial charge in [0, 0.05) is 11.1 Å². The monoisotopic (exact) mass is 208 g/mol. The van der Waals surface area contributed by atoms with Crippen molar-refractivity contribution in [2.24, 2.45) is 4.99 Å². The van der Waals surface area contributed by atoms with Gasteiger partial charge in [-0.3, -0.25) is 4.98 Å². The Morgan fingerprint density at radius 3 is 2.79 bits per heavy atom. The van der Waals surface area contributed by atoms with E-state index in [4.69, 9.17) is 0 Å². The zero-order valence-corrected chi connectivity index (χ0v) is 9.26. The molecule has 0 bridgehead atoms. The first-order valence-electron chi connectivity index (χ1n) is 4.31. The van der Waals surface area contributed by atoms with Gasteiger partial charge in [-0.15, -0.1) is 11.8 Å².